The van der Waals surface area contributed by atoms with E-state index in [0.717, 1.165) is 27.5 Å². The molecule has 1 amide bonds. The fraction of sp³-hybridized carbons (Fsp3) is 0.625. The average molecular weight is 607 g/mol. The first-order chi connectivity index (χ1) is 19.4. The molecule has 2 aliphatic heterocycles. The molecule has 4 heterocycles. The number of halogens is 3. The summed E-state index contributed by atoms with van der Waals surface area (Å²) >= 11 is 0. The van der Waals surface area contributed by atoms with Gasteiger partial charge in [0.2, 0.25) is 0 Å². The Bertz CT molecular complexity index is 1520. The summed E-state index contributed by atoms with van der Waals surface area (Å²) < 4.78 is 51.2. The zero-order valence-electron chi connectivity index (χ0n) is 23.0. The first kappa shape index (κ1) is 32.9. The number of aromatic nitrogens is 4. The number of H-pyrrole nitrogens is 2. The molecule has 0 bridgehead atoms. The SMILES string of the molecule is CC[C@H]1O[C@@H](n2ccc(=O)[nH]c2=O)[C@](C)(NC(=O)C(F)(F)F)[C@@H]1C.C[C@@]1(N)[C@H](O)[C@@H](CO)O[C@H]1n1ccc(=O)[nH]c1=O. The van der Waals surface area contributed by atoms with Gasteiger partial charge in [0.15, 0.2) is 12.5 Å². The second-order valence-electron chi connectivity index (χ2n) is 10.5. The number of alkyl halides is 3. The Labute approximate surface area is 235 Å². The molecule has 0 aromatic carbocycles. The largest absolute Gasteiger partial charge is 0.471 e. The third-order valence-electron chi connectivity index (χ3n) is 7.58. The molecule has 0 saturated carbocycles. The lowest BCUT2D eigenvalue weighted by atomic mass is 9.83. The minimum Gasteiger partial charge on any atom is -0.394 e. The molecule has 42 heavy (non-hydrogen) atoms. The predicted molar refractivity (Wildman–Crippen MR) is 138 cm³/mol. The summed E-state index contributed by atoms with van der Waals surface area (Å²) in [6.45, 7) is 5.91. The number of amides is 1. The van der Waals surface area contributed by atoms with E-state index in [1.54, 1.807) is 13.8 Å². The van der Waals surface area contributed by atoms with Gasteiger partial charge in [0.1, 0.15) is 12.2 Å². The number of aliphatic hydroxyl groups is 2. The highest BCUT2D eigenvalue weighted by molar-refractivity contribution is 5.82. The van der Waals surface area contributed by atoms with Gasteiger partial charge >= 0.3 is 23.5 Å². The molecule has 2 saturated heterocycles. The van der Waals surface area contributed by atoms with Gasteiger partial charge in [0.05, 0.1) is 23.8 Å². The fourth-order valence-corrected chi connectivity index (χ4v) is 5.00. The van der Waals surface area contributed by atoms with Gasteiger partial charge < -0.3 is 30.7 Å². The van der Waals surface area contributed by atoms with Crippen LogP contribution in [0.5, 0.6) is 0 Å². The van der Waals surface area contributed by atoms with Gasteiger partial charge in [-0.1, -0.05) is 13.8 Å². The van der Waals surface area contributed by atoms with E-state index in [1.165, 1.54) is 20.0 Å². The quantitative estimate of drug-likeness (QED) is 0.229. The van der Waals surface area contributed by atoms with Crippen LogP contribution in [0.1, 0.15) is 46.6 Å². The van der Waals surface area contributed by atoms with E-state index in [1.807, 2.05) is 10.3 Å². The van der Waals surface area contributed by atoms with Crippen molar-refractivity contribution in [2.24, 2.45) is 11.7 Å². The van der Waals surface area contributed by atoms with Gasteiger partial charge in [-0.3, -0.25) is 33.5 Å². The fourth-order valence-electron chi connectivity index (χ4n) is 5.00. The molecule has 0 aliphatic carbocycles. The second-order valence-corrected chi connectivity index (χ2v) is 10.5. The topological polar surface area (TPSA) is 224 Å². The van der Waals surface area contributed by atoms with E-state index in [-0.39, 0.29) is 0 Å². The third-order valence-corrected chi connectivity index (χ3v) is 7.58. The lowest BCUT2D eigenvalue weighted by molar-refractivity contribution is -0.177. The highest BCUT2D eigenvalue weighted by atomic mass is 19.4. The number of rotatable bonds is 5. The van der Waals surface area contributed by atoms with Crippen LogP contribution in [0.15, 0.2) is 43.7 Å². The van der Waals surface area contributed by atoms with E-state index >= 15 is 0 Å². The molecule has 18 heteroatoms. The van der Waals surface area contributed by atoms with Crippen LogP contribution >= 0.6 is 0 Å². The van der Waals surface area contributed by atoms with Gasteiger partial charge in [-0.15, -0.1) is 0 Å². The first-order valence-electron chi connectivity index (χ1n) is 12.8. The van der Waals surface area contributed by atoms with Crippen molar-refractivity contribution < 1.29 is 37.7 Å². The minimum absolute atomic E-state index is 0.414. The Kier molecular flexibility index (Phi) is 9.38. The van der Waals surface area contributed by atoms with Crippen LogP contribution in [-0.4, -0.2) is 77.4 Å². The molecule has 234 valence electrons. The number of carbonyl (C=O) groups is 1. The van der Waals surface area contributed by atoms with Crippen LogP contribution in [0.4, 0.5) is 13.2 Å². The molecule has 0 radical (unpaired) electrons. The maximum atomic E-state index is 12.7. The summed E-state index contributed by atoms with van der Waals surface area (Å²) in [5.41, 5.74) is 0.494. The minimum atomic E-state index is -5.06. The Morgan fingerprint density at radius 1 is 1.02 bits per heavy atom. The van der Waals surface area contributed by atoms with Crippen LogP contribution in [0.25, 0.3) is 0 Å². The number of nitrogens with two attached hydrogens (primary N) is 1. The molecule has 2 fully saturated rings. The van der Waals surface area contributed by atoms with Crippen molar-refractivity contribution in [2.75, 3.05) is 6.61 Å². The molecule has 7 N–H and O–H groups in total. The number of nitrogens with one attached hydrogen (secondary N) is 3. The molecule has 15 nitrogen and oxygen atoms in total. The molecule has 0 unspecified atom stereocenters. The van der Waals surface area contributed by atoms with Crippen LogP contribution in [-0.2, 0) is 14.3 Å². The molecule has 2 aromatic heterocycles. The van der Waals surface area contributed by atoms with Crippen molar-refractivity contribution in [3.63, 3.8) is 0 Å². The van der Waals surface area contributed by atoms with Crippen molar-refractivity contribution in [1.29, 1.82) is 0 Å². The number of hydrogen-bond acceptors (Lipinski definition) is 10. The molecule has 2 aliphatic rings. The number of hydrogen-bond donors (Lipinski definition) is 6. The van der Waals surface area contributed by atoms with E-state index < -0.39 is 89.0 Å². The number of aliphatic hydroxyl groups excluding tert-OH is 2. The smallest absolute Gasteiger partial charge is 0.394 e. The monoisotopic (exact) mass is 606 g/mol. The Balaban J connectivity index is 0.000000240. The van der Waals surface area contributed by atoms with Crippen molar-refractivity contribution in [3.05, 3.63) is 66.2 Å². The van der Waals surface area contributed by atoms with E-state index in [2.05, 4.69) is 4.98 Å². The normalized spacial score (nSPS) is 32.7. The Morgan fingerprint density at radius 3 is 1.90 bits per heavy atom. The lowest BCUT2D eigenvalue weighted by Gasteiger charge is -2.35. The van der Waals surface area contributed by atoms with Gasteiger partial charge in [-0.05, 0) is 20.3 Å². The zero-order chi connectivity index (χ0) is 31.8. The molecule has 8 atom stereocenters. The van der Waals surface area contributed by atoms with Gasteiger partial charge in [-0.2, -0.15) is 13.2 Å². The molecular weight excluding hydrogens is 573 g/mol. The van der Waals surface area contributed by atoms with E-state index in [9.17, 15) is 42.3 Å². The van der Waals surface area contributed by atoms with Gasteiger partial charge in [-0.25, -0.2) is 9.59 Å². The number of nitrogens with zero attached hydrogens (tertiary/aromatic N) is 2. The third kappa shape index (κ3) is 6.26. The first-order valence-corrected chi connectivity index (χ1v) is 12.8. The molecular formula is C24H33F3N6O9. The summed E-state index contributed by atoms with van der Waals surface area (Å²) in [6.07, 6.45) is -6.82. The summed E-state index contributed by atoms with van der Waals surface area (Å²) in [5.74, 6) is -2.61. The molecule has 2 aromatic rings. The zero-order valence-corrected chi connectivity index (χ0v) is 23.0. The Hall–Kier alpha value is -3.58. The second kappa shape index (κ2) is 12.0. The van der Waals surface area contributed by atoms with Crippen molar-refractivity contribution >= 4 is 5.91 Å². The highest BCUT2D eigenvalue weighted by Gasteiger charge is 2.55. The predicted octanol–water partition coefficient (Wildman–Crippen LogP) is -1.58. The maximum absolute atomic E-state index is 12.7. The summed E-state index contributed by atoms with van der Waals surface area (Å²) in [5, 5.41) is 20.9. The summed E-state index contributed by atoms with van der Waals surface area (Å²) in [4.78, 5) is 61.3. The Morgan fingerprint density at radius 2 is 1.50 bits per heavy atom. The molecule has 4 rings (SSSR count). The van der Waals surface area contributed by atoms with Crippen LogP contribution in [0.2, 0.25) is 0 Å². The van der Waals surface area contributed by atoms with Crippen LogP contribution < -0.4 is 33.5 Å². The average Bonchev–Trinajstić information content (AvgIpc) is 3.27. The lowest BCUT2D eigenvalue weighted by Crippen LogP contribution is -2.58. The van der Waals surface area contributed by atoms with Crippen LogP contribution in [0, 0.1) is 5.92 Å². The van der Waals surface area contributed by atoms with Crippen LogP contribution in [0.3, 0.4) is 0 Å². The summed E-state index contributed by atoms with van der Waals surface area (Å²) in [6, 6.07) is 2.21. The maximum Gasteiger partial charge on any atom is 0.471 e. The number of aromatic amines is 2. The van der Waals surface area contributed by atoms with Gasteiger partial charge in [0.25, 0.3) is 11.1 Å². The van der Waals surface area contributed by atoms with Crippen molar-refractivity contribution in [1.82, 2.24) is 24.4 Å². The van der Waals surface area contributed by atoms with Crippen molar-refractivity contribution in [2.45, 2.75) is 82.1 Å². The standard InChI is InChI=1S/C14H18F3N3O4.C10H15N3O5/c1-4-8-7(2)13(3,19-10(22)14(15,16)17)11(24-8)20-6-5-9(21)18-12(20)23;1-10(11)7(16)5(4-14)18-8(10)13-3-2-6(15)12-9(13)17/h5-8,11H,4H2,1-3H3,(H,19,22)(H,18,21,23);2-3,5,7-8,14,16H,4,11H2,1H3,(H,12,15,17)/t7-,8-,11-,13-;5-,7-,8-,10-/m11/s1. The van der Waals surface area contributed by atoms with Gasteiger partial charge in [0, 0.05) is 30.4 Å². The number of carbonyl (C=O) groups excluding carboxylic acids is 1. The van der Waals surface area contributed by atoms with Crippen molar-refractivity contribution in [3.8, 4) is 0 Å². The summed E-state index contributed by atoms with van der Waals surface area (Å²) in [7, 11) is 0. The highest BCUT2D eigenvalue weighted by Crippen LogP contribution is 2.43. The van der Waals surface area contributed by atoms with E-state index in [0.29, 0.717) is 6.42 Å². The molecule has 0 spiro atoms. The van der Waals surface area contributed by atoms with E-state index in [4.69, 9.17) is 20.3 Å². The number of ether oxygens (including phenoxy) is 2.